The van der Waals surface area contributed by atoms with Crippen molar-refractivity contribution in [1.82, 2.24) is 10.2 Å². The molecule has 0 spiro atoms. The van der Waals surface area contributed by atoms with Crippen molar-refractivity contribution in [3.05, 3.63) is 63.9 Å². The number of hydrogen-bond acceptors (Lipinski definition) is 3. The van der Waals surface area contributed by atoms with Crippen LogP contribution in [0.15, 0.2) is 42.5 Å². The van der Waals surface area contributed by atoms with Crippen molar-refractivity contribution in [2.24, 2.45) is 0 Å². The molecule has 0 bridgehead atoms. The molecule has 0 aromatic heterocycles. The Morgan fingerprint density at radius 2 is 1.92 bits per heavy atom. The van der Waals surface area contributed by atoms with Gasteiger partial charge >= 0.3 is 0 Å². The quantitative estimate of drug-likeness (QED) is 0.784. The maximum Gasteiger partial charge on any atom is 0.238 e. The number of para-hydroxylation sites is 1. The maximum absolute atomic E-state index is 13.5. The van der Waals surface area contributed by atoms with Gasteiger partial charge in [0.05, 0.1) is 22.3 Å². The summed E-state index contributed by atoms with van der Waals surface area (Å²) in [7, 11) is 0. The molecule has 140 valence electrons. The third-order valence-electron chi connectivity index (χ3n) is 4.16. The molecule has 4 nitrogen and oxygen atoms in total. The highest BCUT2D eigenvalue weighted by molar-refractivity contribution is 6.39. The predicted octanol–water partition coefficient (Wildman–Crippen LogP) is 4.14. The molecule has 1 aliphatic heterocycles. The predicted molar refractivity (Wildman–Crippen MR) is 106 cm³/mol. The summed E-state index contributed by atoms with van der Waals surface area (Å²) >= 11 is 12.2. The molecule has 2 aromatic carbocycles. The minimum Gasteiger partial charge on any atom is -0.322 e. The molecule has 1 saturated heterocycles. The number of halogens is 4. The van der Waals surface area contributed by atoms with Gasteiger partial charge in [0.25, 0.3) is 0 Å². The van der Waals surface area contributed by atoms with Gasteiger partial charge in [-0.2, -0.15) is 0 Å². The zero-order valence-corrected chi connectivity index (χ0v) is 16.2. The highest BCUT2D eigenvalue weighted by atomic mass is 35.5. The topological polar surface area (TPSA) is 44.4 Å². The van der Waals surface area contributed by atoms with E-state index >= 15 is 0 Å². The van der Waals surface area contributed by atoms with Crippen molar-refractivity contribution >= 4 is 47.2 Å². The fourth-order valence-corrected chi connectivity index (χ4v) is 3.45. The van der Waals surface area contributed by atoms with Crippen molar-refractivity contribution < 1.29 is 9.18 Å². The first kappa shape index (κ1) is 20.9. The van der Waals surface area contributed by atoms with Gasteiger partial charge in [-0.05, 0) is 29.8 Å². The number of anilines is 1. The van der Waals surface area contributed by atoms with Crippen LogP contribution >= 0.6 is 35.6 Å². The van der Waals surface area contributed by atoms with E-state index in [2.05, 4.69) is 10.6 Å². The molecule has 8 heteroatoms. The maximum atomic E-state index is 13.5. The molecular weight excluding hydrogens is 400 g/mol. The van der Waals surface area contributed by atoms with Crippen LogP contribution in [0.25, 0.3) is 0 Å². The van der Waals surface area contributed by atoms with E-state index in [0.717, 1.165) is 12.1 Å². The summed E-state index contributed by atoms with van der Waals surface area (Å²) in [6, 6.07) is 11.5. The Kier molecular flexibility index (Phi) is 7.68. The molecule has 1 atom stereocenters. The minimum absolute atomic E-state index is 0. The van der Waals surface area contributed by atoms with Crippen LogP contribution < -0.4 is 10.6 Å². The second kappa shape index (κ2) is 9.53. The van der Waals surface area contributed by atoms with Crippen LogP contribution in [0.5, 0.6) is 0 Å². The second-order valence-electron chi connectivity index (χ2n) is 5.89. The third-order valence-corrected chi connectivity index (χ3v) is 4.79. The lowest BCUT2D eigenvalue weighted by Crippen LogP contribution is -2.48. The highest BCUT2D eigenvalue weighted by Gasteiger charge is 2.26. The number of piperazine rings is 1. The van der Waals surface area contributed by atoms with Crippen molar-refractivity contribution in [2.45, 2.75) is 6.04 Å². The van der Waals surface area contributed by atoms with E-state index < -0.39 is 0 Å². The second-order valence-corrected chi connectivity index (χ2v) is 6.70. The molecule has 0 saturated carbocycles. The molecule has 1 aliphatic rings. The summed E-state index contributed by atoms with van der Waals surface area (Å²) in [5.41, 5.74) is 1.25. The summed E-state index contributed by atoms with van der Waals surface area (Å²) in [4.78, 5) is 14.5. The number of nitrogens with zero attached hydrogens (tertiary/aromatic N) is 1. The SMILES string of the molecule is Cl.O=C(CN1CCNCC1c1cccc(F)c1)Nc1c(Cl)cccc1Cl. The first-order valence-electron chi connectivity index (χ1n) is 7.98. The Morgan fingerprint density at radius 1 is 1.23 bits per heavy atom. The van der Waals surface area contributed by atoms with E-state index in [9.17, 15) is 9.18 Å². The lowest BCUT2D eigenvalue weighted by molar-refractivity contribution is -0.118. The Labute approximate surface area is 168 Å². The number of carbonyl (C=O) groups is 1. The fraction of sp³-hybridized carbons (Fsp3) is 0.278. The van der Waals surface area contributed by atoms with Crippen LogP contribution in [0, 0.1) is 5.82 Å². The zero-order valence-electron chi connectivity index (χ0n) is 13.8. The first-order valence-corrected chi connectivity index (χ1v) is 8.74. The van der Waals surface area contributed by atoms with Gasteiger partial charge in [-0.1, -0.05) is 41.4 Å². The molecule has 1 amide bonds. The van der Waals surface area contributed by atoms with Gasteiger partial charge in [-0.25, -0.2) is 4.39 Å². The number of amides is 1. The van der Waals surface area contributed by atoms with E-state index in [1.807, 2.05) is 11.0 Å². The molecule has 26 heavy (non-hydrogen) atoms. The smallest absolute Gasteiger partial charge is 0.238 e. The highest BCUT2D eigenvalue weighted by Crippen LogP contribution is 2.30. The fourth-order valence-electron chi connectivity index (χ4n) is 2.96. The standard InChI is InChI=1S/C18H18Cl2FN3O.ClH/c19-14-5-2-6-15(20)18(14)23-17(25)11-24-8-7-22-10-16(24)12-3-1-4-13(21)9-12;/h1-6,9,16,22H,7-8,10-11H2,(H,23,25);1H. The summed E-state index contributed by atoms with van der Waals surface area (Å²) in [6.45, 7) is 2.28. The van der Waals surface area contributed by atoms with Gasteiger partial charge in [0.1, 0.15) is 5.82 Å². The summed E-state index contributed by atoms with van der Waals surface area (Å²) in [5, 5.41) is 6.84. The Morgan fingerprint density at radius 3 is 2.62 bits per heavy atom. The Hall–Kier alpha value is -1.37. The molecule has 0 radical (unpaired) electrons. The third kappa shape index (κ3) is 5.09. The van der Waals surface area contributed by atoms with Crippen molar-refractivity contribution in [1.29, 1.82) is 0 Å². The lowest BCUT2D eigenvalue weighted by atomic mass is 10.0. The van der Waals surface area contributed by atoms with Gasteiger partial charge in [-0.15, -0.1) is 12.4 Å². The van der Waals surface area contributed by atoms with Crippen LogP contribution in [0.1, 0.15) is 11.6 Å². The normalized spacial score (nSPS) is 17.4. The lowest BCUT2D eigenvalue weighted by Gasteiger charge is -2.36. The average molecular weight is 419 g/mol. The summed E-state index contributed by atoms with van der Waals surface area (Å²) < 4.78 is 13.5. The van der Waals surface area contributed by atoms with Crippen LogP contribution in [0.3, 0.4) is 0 Å². The van der Waals surface area contributed by atoms with Gasteiger partial charge in [-0.3, -0.25) is 9.69 Å². The number of nitrogens with one attached hydrogen (secondary N) is 2. The van der Waals surface area contributed by atoms with Gasteiger partial charge in [0.2, 0.25) is 5.91 Å². The number of carbonyl (C=O) groups excluding carboxylic acids is 1. The van der Waals surface area contributed by atoms with E-state index in [4.69, 9.17) is 23.2 Å². The molecule has 1 heterocycles. The Bertz CT molecular complexity index is 755. The summed E-state index contributed by atoms with van der Waals surface area (Å²) in [5.74, 6) is -0.492. The van der Waals surface area contributed by atoms with Gasteiger partial charge in [0.15, 0.2) is 0 Å². The average Bonchev–Trinajstić information content (AvgIpc) is 2.59. The molecule has 1 fully saturated rings. The Balaban J connectivity index is 0.00000243. The van der Waals surface area contributed by atoms with Crippen LogP contribution in [0.2, 0.25) is 10.0 Å². The molecule has 3 rings (SSSR count). The van der Waals surface area contributed by atoms with E-state index in [0.29, 0.717) is 28.8 Å². The number of benzene rings is 2. The number of rotatable bonds is 4. The summed E-state index contributed by atoms with van der Waals surface area (Å²) in [6.07, 6.45) is 0. The van der Waals surface area contributed by atoms with Gasteiger partial charge < -0.3 is 10.6 Å². The first-order chi connectivity index (χ1) is 12.0. The minimum atomic E-state index is -0.282. The molecule has 0 aliphatic carbocycles. The van der Waals surface area contributed by atoms with Gasteiger partial charge in [0, 0.05) is 25.7 Å². The van der Waals surface area contributed by atoms with Crippen LogP contribution in [-0.4, -0.2) is 37.0 Å². The van der Waals surface area contributed by atoms with Crippen molar-refractivity contribution in [3.8, 4) is 0 Å². The van der Waals surface area contributed by atoms with E-state index in [1.54, 1.807) is 24.3 Å². The zero-order chi connectivity index (χ0) is 17.8. The van der Waals surface area contributed by atoms with Crippen LogP contribution in [0.4, 0.5) is 10.1 Å². The molecule has 2 N–H and O–H groups in total. The van der Waals surface area contributed by atoms with Crippen molar-refractivity contribution in [3.63, 3.8) is 0 Å². The largest absolute Gasteiger partial charge is 0.322 e. The van der Waals surface area contributed by atoms with Crippen molar-refractivity contribution in [2.75, 3.05) is 31.5 Å². The number of hydrogen-bond donors (Lipinski definition) is 2. The van der Waals surface area contributed by atoms with E-state index in [-0.39, 0.29) is 36.7 Å². The monoisotopic (exact) mass is 417 g/mol. The molecular formula is C18H19Cl3FN3O. The van der Waals surface area contributed by atoms with Crippen LogP contribution in [-0.2, 0) is 4.79 Å². The van der Waals surface area contributed by atoms with E-state index in [1.165, 1.54) is 12.1 Å². The molecule has 2 aromatic rings. The molecule has 1 unspecified atom stereocenters.